The fourth-order valence-corrected chi connectivity index (χ4v) is 3.02. The summed E-state index contributed by atoms with van der Waals surface area (Å²) >= 11 is 0. The van der Waals surface area contributed by atoms with Gasteiger partial charge in [0, 0.05) is 12.1 Å². The Balaban J connectivity index is 2.02. The summed E-state index contributed by atoms with van der Waals surface area (Å²) in [4.78, 5) is 14.5. The first kappa shape index (κ1) is 14.9. The Morgan fingerprint density at radius 2 is 1.85 bits per heavy atom. The van der Waals surface area contributed by atoms with Crippen LogP contribution in [0.1, 0.15) is 38.7 Å². The third kappa shape index (κ3) is 3.31. The summed E-state index contributed by atoms with van der Waals surface area (Å²) in [5.74, 6) is 0.268. The molecule has 3 unspecified atom stereocenters. The number of rotatable bonds is 3. The average Bonchev–Trinajstić information content (AvgIpc) is 2.41. The number of hydrogen-bond donors (Lipinski definition) is 2. The number of carbonyl (C=O) groups is 1. The van der Waals surface area contributed by atoms with Crippen molar-refractivity contribution in [3.8, 4) is 5.75 Å². The van der Waals surface area contributed by atoms with Crippen LogP contribution in [-0.4, -0.2) is 34.0 Å². The molecule has 0 saturated carbocycles. The Hall–Kier alpha value is -1.55. The van der Waals surface area contributed by atoms with Gasteiger partial charge in [0.25, 0.3) is 0 Å². The van der Waals surface area contributed by atoms with Crippen LogP contribution < -0.4 is 5.73 Å². The number of hydrogen-bond acceptors (Lipinski definition) is 3. The molecule has 1 aliphatic rings. The van der Waals surface area contributed by atoms with Crippen molar-refractivity contribution in [1.82, 2.24) is 4.90 Å². The quantitative estimate of drug-likeness (QED) is 0.888. The standard InChI is InChI=1S/C16H24N2O2/c1-11-4-3-5-12(2)18(11)16(20)15(17)10-13-6-8-14(19)9-7-13/h6-9,11-12,15,19H,3-5,10,17H2,1-2H3. The average molecular weight is 276 g/mol. The second-order valence-corrected chi connectivity index (χ2v) is 5.85. The van der Waals surface area contributed by atoms with Gasteiger partial charge in [-0.25, -0.2) is 0 Å². The monoisotopic (exact) mass is 276 g/mol. The zero-order valence-electron chi connectivity index (χ0n) is 12.2. The minimum Gasteiger partial charge on any atom is -0.508 e. The first-order valence-corrected chi connectivity index (χ1v) is 7.34. The fourth-order valence-electron chi connectivity index (χ4n) is 3.02. The molecule has 0 aliphatic carbocycles. The summed E-state index contributed by atoms with van der Waals surface area (Å²) in [6.07, 6.45) is 3.80. The lowest BCUT2D eigenvalue weighted by Gasteiger charge is -2.40. The van der Waals surface area contributed by atoms with Crippen LogP contribution in [0, 0.1) is 0 Å². The maximum atomic E-state index is 12.5. The van der Waals surface area contributed by atoms with E-state index in [0.717, 1.165) is 18.4 Å². The first-order valence-electron chi connectivity index (χ1n) is 7.34. The fraction of sp³-hybridized carbons (Fsp3) is 0.562. The van der Waals surface area contributed by atoms with E-state index in [0.29, 0.717) is 6.42 Å². The number of nitrogens with two attached hydrogens (primary N) is 1. The number of phenols is 1. The van der Waals surface area contributed by atoms with Crippen molar-refractivity contribution in [2.45, 2.75) is 57.7 Å². The lowest BCUT2D eigenvalue weighted by molar-refractivity contribution is -0.138. The van der Waals surface area contributed by atoms with E-state index in [9.17, 15) is 9.90 Å². The molecule has 0 bridgehead atoms. The smallest absolute Gasteiger partial charge is 0.240 e. The molecule has 1 saturated heterocycles. The summed E-state index contributed by atoms with van der Waals surface area (Å²) in [7, 11) is 0. The van der Waals surface area contributed by atoms with E-state index >= 15 is 0 Å². The van der Waals surface area contributed by atoms with Gasteiger partial charge in [-0.1, -0.05) is 12.1 Å². The van der Waals surface area contributed by atoms with Crippen molar-refractivity contribution >= 4 is 5.91 Å². The number of carbonyl (C=O) groups excluding carboxylic acids is 1. The van der Waals surface area contributed by atoms with E-state index in [1.807, 2.05) is 17.0 Å². The van der Waals surface area contributed by atoms with Crippen LogP contribution in [0.25, 0.3) is 0 Å². The normalized spacial score (nSPS) is 24.4. The maximum Gasteiger partial charge on any atom is 0.240 e. The Bertz CT molecular complexity index is 448. The number of phenolic OH excluding ortho intramolecular Hbond substituents is 1. The molecule has 1 heterocycles. The summed E-state index contributed by atoms with van der Waals surface area (Å²) in [6.45, 7) is 4.20. The van der Waals surface area contributed by atoms with Gasteiger partial charge in [0.05, 0.1) is 6.04 Å². The zero-order chi connectivity index (χ0) is 14.7. The van der Waals surface area contributed by atoms with Crippen LogP contribution in [0.15, 0.2) is 24.3 Å². The van der Waals surface area contributed by atoms with Gasteiger partial charge in [-0.2, -0.15) is 0 Å². The van der Waals surface area contributed by atoms with E-state index in [-0.39, 0.29) is 23.7 Å². The van der Waals surface area contributed by atoms with Gasteiger partial charge < -0.3 is 15.7 Å². The second-order valence-electron chi connectivity index (χ2n) is 5.85. The molecule has 0 aromatic heterocycles. The molecular formula is C16H24N2O2. The molecule has 0 spiro atoms. The van der Waals surface area contributed by atoms with Crippen LogP contribution in [0.5, 0.6) is 5.75 Å². The summed E-state index contributed by atoms with van der Waals surface area (Å²) in [5, 5.41) is 9.27. The topological polar surface area (TPSA) is 66.6 Å². The van der Waals surface area contributed by atoms with Gasteiger partial charge in [0.1, 0.15) is 5.75 Å². The lowest BCUT2D eigenvalue weighted by Crippen LogP contribution is -2.54. The van der Waals surface area contributed by atoms with Crippen molar-refractivity contribution in [2.24, 2.45) is 5.73 Å². The predicted molar refractivity (Wildman–Crippen MR) is 79.4 cm³/mol. The molecule has 3 N–H and O–H groups in total. The summed E-state index contributed by atoms with van der Waals surface area (Å²) in [6, 6.07) is 6.91. The van der Waals surface area contributed by atoms with Gasteiger partial charge >= 0.3 is 0 Å². The molecule has 110 valence electrons. The number of amides is 1. The molecule has 1 aromatic carbocycles. The van der Waals surface area contributed by atoms with E-state index in [2.05, 4.69) is 13.8 Å². The summed E-state index contributed by atoms with van der Waals surface area (Å²) in [5.41, 5.74) is 7.06. The van der Waals surface area contributed by atoms with Crippen molar-refractivity contribution in [3.05, 3.63) is 29.8 Å². The van der Waals surface area contributed by atoms with Crippen LogP contribution in [0.3, 0.4) is 0 Å². The second kappa shape index (κ2) is 6.27. The van der Waals surface area contributed by atoms with E-state index in [1.54, 1.807) is 12.1 Å². The Morgan fingerprint density at radius 1 is 1.30 bits per heavy atom. The predicted octanol–water partition coefficient (Wildman–Crippen LogP) is 2.05. The molecule has 4 heteroatoms. The Labute approximate surface area is 120 Å². The number of likely N-dealkylation sites (tertiary alicyclic amines) is 1. The minimum atomic E-state index is -0.512. The molecule has 1 amide bonds. The van der Waals surface area contributed by atoms with Crippen LogP contribution in [-0.2, 0) is 11.2 Å². The molecule has 4 nitrogen and oxygen atoms in total. The minimum absolute atomic E-state index is 0.0396. The molecule has 2 rings (SSSR count). The molecule has 20 heavy (non-hydrogen) atoms. The lowest BCUT2D eigenvalue weighted by atomic mass is 9.95. The molecular weight excluding hydrogens is 252 g/mol. The van der Waals surface area contributed by atoms with Crippen molar-refractivity contribution < 1.29 is 9.90 Å². The highest BCUT2D eigenvalue weighted by Crippen LogP contribution is 2.23. The molecule has 0 radical (unpaired) electrons. The van der Waals surface area contributed by atoms with Gasteiger partial charge in [-0.3, -0.25) is 4.79 Å². The van der Waals surface area contributed by atoms with E-state index < -0.39 is 6.04 Å². The van der Waals surface area contributed by atoms with Gasteiger partial charge in [0.2, 0.25) is 5.91 Å². The number of benzene rings is 1. The van der Waals surface area contributed by atoms with Crippen molar-refractivity contribution in [2.75, 3.05) is 0 Å². The maximum absolute atomic E-state index is 12.5. The highest BCUT2D eigenvalue weighted by molar-refractivity contribution is 5.82. The third-order valence-electron chi connectivity index (χ3n) is 4.16. The number of nitrogens with zero attached hydrogens (tertiary/aromatic N) is 1. The highest BCUT2D eigenvalue weighted by Gasteiger charge is 2.31. The Kier molecular flexibility index (Phi) is 4.65. The van der Waals surface area contributed by atoms with E-state index in [4.69, 9.17) is 5.73 Å². The highest BCUT2D eigenvalue weighted by atomic mass is 16.3. The molecule has 1 fully saturated rings. The third-order valence-corrected chi connectivity index (χ3v) is 4.16. The largest absolute Gasteiger partial charge is 0.508 e. The number of piperidine rings is 1. The summed E-state index contributed by atoms with van der Waals surface area (Å²) < 4.78 is 0. The zero-order valence-corrected chi connectivity index (χ0v) is 12.2. The van der Waals surface area contributed by atoms with Crippen molar-refractivity contribution in [3.63, 3.8) is 0 Å². The molecule has 3 atom stereocenters. The molecule has 1 aliphatic heterocycles. The van der Waals surface area contributed by atoms with Crippen molar-refractivity contribution in [1.29, 1.82) is 0 Å². The molecule has 1 aromatic rings. The van der Waals surface area contributed by atoms with E-state index in [1.165, 1.54) is 6.42 Å². The van der Waals surface area contributed by atoms with Crippen LogP contribution >= 0.6 is 0 Å². The van der Waals surface area contributed by atoms with Gasteiger partial charge in [0.15, 0.2) is 0 Å². The van der Waals surface area contributed by atoms with Crippen LogP contribution in [0.2, 0.25) is 0 Å². The van der Waals surface area contributed by atoms with Crippen LogP contribution in [0.4, 0.5) is 0 Å². The van der Waals surface area contributed by atoms with Gasteiger partial charge in [-0.15, -0.1) is 0 Å². The van der Waals surface area contributed by atoms with Gasteiger partial charge in [-0.05, 0) is 57.2 Å². The SMILES string of the molecule is CC1CCCC(C)N1C(=O)C(N)Cc1ccc(O)cc1. The first-order chi connectivity index (χ1) is 9.49. The number of aromatic hydroxyl groups is 1. The Morgan fingerprint density at radius 3 is 2.40 bits per heavy atom.